The van der Waals surface area contributed by atoms with Crippen LogP contribution in [0.3, 0.4) is 0 Å². The molecule has 0 atom stereocenters. The third kappa shape index (κ3) is 7.05. The van der Waals surface area contributed by atoms with Gasteiger partial charge in [0.25, 0.3) is 11.8 Å². The number of benzene rings is 4. The molecule has 1 aliphatic heterocycles. The van der Waals surface area contributed by atoms with E-state index in [9.17, 15) is 14.9 Å². The van der Waals surface area contributed by atoms with E-state index in [0.29, 0.717) is 51.9 Å². The Morgan fingerprint density at radius 2 is 1.72 bits per heavy atom. The Morgan fingerprint density at radius 1 is 0.977 bits per heavy atom. The smallest absolute Gasteiger partial charge is 0.266 e. The first-order chi connectivity index (χ1) is 21.0. The van der Waals surface area contributed by atoms with Crippen LogP contribution in [0, 0.1) is 11.3 Å². The quantitative estimate of drug-likeness (QED) is 0.146. The number of amides is 2. The van der Waals surface area contributed by atoms with Crippen LogP contribution in [0.4, 0.5) is 11.4 Å². The number of hydrogen-bond acceptors (Lipinski definition) is 6. The molecule has 0 spiro atoms. The second kappa shape index (κ2) is 13.7. The summed E-state index contributed by atoms with van der Waals surface area (Å²) in [6, 6.07) is 29.3. The lowest BCUT2D eigenvalue weighted by atomic mass is 10.1. The van der Waals surface area contributed by atoms with Crippen LogP contribution in [0.15, 0.2) is 101 Å². The van der Waals surface area contributed by atoms with Gasteiger partial charge in [-0.25, -0.2) is 0 Å². The van der Waals surface area contributed by atoms with Gasteiger partial charge in [0.15, 0.2) is 23.9 Å². The van der Waals surface area contributed by atoms with Crippen LogP contribution in [0.5, 0.6) is 23.0 Å². The van der Waals surface area contributed by atoms with Crippen molar-refractivity contribution in [2.75, 3.05) is 30.0 Å². The second-order valence-electron chi connectivity index (χ2n) is 9.51. The molecule has 2 amide bonds. The highest BCUT2D eigenvalue weighted by Gasteiger charge is 2.25. The zero-order valence-corrected chi connectivity index (χ0v) is 25.0. The fourth-order valence-corrected chi connectivity index (χ4v) is 5.24. The molecule has 0 saturated heterocycles. The predicted octanol–water partition coefficient (Wildman–Crippen LogP) is 7.15. The summed E-state index contributed by atoms with van der Waals surface area (Å²) in [6.07, 6.45) is 2.26. The van der Waals surface area contributed by atoms with E-state index in [1.807, 2.05) is 67.6 Å². The standard InChI is InChI=1S/C34H28BrN3O5/c1-2-41-31-20-23(19-27(35)33(31)42-22-32(39)38-17-16-24-10-6-8-14-29(24)38)18-25(21-36)34(40)37-28-13-7-9-15-30(28)43-26-11-4-3-5-12-26/h3-15,18-20H,2,16-17,22H2,1H3,(H,37,40). The molecule has 8 nitrogen and oxygen atoms in total. The summed E-state index contributed by atoms with van der Waals surface area (Å²) in [7, 11) is 0. The van der Waals surface area contributed by atoms with E-state index in [4.69, 9.17) is 14.2 Å². The van der Waals surface area contributed by atoms with Crippen LogP contribution < -0.4 is 24.4 Å². The van der Waals surface area contributed by atoms with Gasteiger partial charge in [0.2, 0.25) is 0 Å². The number of nitrogens with one attached hydrogen (secondary N) is 1. The van der Waals surface area contributed by atoms with Crippen molar-refractivity contribution in [3.8, 4) is 29.1 Å². The van der Waals surface area contributed by atoms with Crippen LogP contribution in [0.1, 0.15) is 18.1 Å². The van der Waals surface area contributed by atoms with Gasteiger partial charge in [0, 0.05) is 12.2 Å². The molecule has 1 aliphatic rings. The van der Waals surface area contributed by atoms with E-state index in [-0.39, 0.29) is 18.1 Å². The van der Waals surface area contributed by atoms with Gasteiger partial charge in [-0.05, 0) is 88.9 Å². The van der Waals surface area contributed by atoms with Gasteiger partial charge in [-0.15, -0.1) is 0 Å². The molecule has 0 fully saturated rings. The van der Waals surface area contributed by atoms with Crippen LogP contribution in [0.2, 0.25) is 0 Å². The normalized spacial score (nSPS) is 12.2. The van der Waals surface area contributed by atoms with Gasteiger partial charge >= 0.3 is 0 Å². The number of nitrogens with zero attached hydrogens (tertiary/aromatic N) is 2. The number of nitriles is 1. The Labute approximate surface area is 258 Å². The topological polar surface area (TPSA) is 101 Å². The van der Waals surface area contributed by atoms with Crippen molar-refractivity contribution in [3.63, 3.8) is 0 Å². The summed E-state index contributed by atoms with van der Waals surface area (Å²) in [5, 5.41) is 12.6. The Kier molecular flexibility index (Phi) is 9.39. The van der Waals surface area contributed by atoms with Crippen LogP contribution >= 0.6 is 15.9 Å². The third-order valence-corrected chi connectivity index (χ3v) is 7.23. The van der Waals surface area contributed by atoms with Gasteiger partial charge in [-0.2, -0.15) is 5.26 Å². The maximum absolute atomic E-state index is 13.1. The van der Waals surface area contributed by atoms with Crippen LogP contribution in [-0.2, 0) is 16.0 Å². The van der Waals surface area contributed by atoms with Crippen molar-refractivity contribution in [2.45, 2.75) is 13.3 Å². The van der Waals surface area contributed by atoms with Crippen molar-refractivity contribution in [3.05, 3.63) is 112 Å². The summed E-state index contributed by atoms with van der Waals surface area (Å²) in [5.41, 5.74) is 2.86. The molecule has 4 aromatic carbocycles. The fourth-order valence-electron chi connectivity index (χ4n) is 4.66. The first-order valence-corrected chi connectivity index (χ1v) is 14.5. The van der Waals surface area contributed by atoms with E-state index in [1.165, 1.54) is 6.08 Å². The minimum atomic E-state index is -0.600. The minimum absolute atomic E-state index is 0.125. The number of halogens is 1. The maximum atomic E-state index is 13.1. The molecule has 0 unspecified atom stereocenters. The lowest BCUT2D eigenvalue weighted by Crippen LogP contribution is -2.33. The number of fused-ring (bicyclic) bond motifs is 1. The molecule has 0 saturated carbocycles. The molecule has 9 heteroatoms. The summed E-state index contributed by atoms with van der Waals surface area (Å²) in [6.45, 7) is 2.59. The van der Waals surface area contributed by atoms with E-state index in [2.05, 4.69) is 21.2 Å². The molecule has 43 heavy (non-hydrogen) atoms. The Hall–Kier alpha value is -5.07. The first-order valence-electron chi connectivity index (χ1n) is 13.7. The van der Waals surface area contributed by atoms with E-state index >= 15 is 0 Å². The average Bonchev–Trinajstić information content (AvgIpc) is 3.45. The highest BCUT2D eigenvalue weighted by molar-refractivity contribution is 9.10. The predicted molar refractivity (Wildman–Crippen MR) is 168 cm³/mol. The van der Waals surface area contributed by atoms with Crippen molar-refractivity contribution >= 4 is 45.2 Å². The lowest BCUT2D eigenvalue weighted by molar-refractivity contribution is -0.120. The summed E-state index contributed by atoms with van der Waals surface area (Å²) in [5.74, 6) is 1.02. The third-order valence-electron chi connectivity index (χ3n) is 6.64. The number of hydrogen-bond donors (Lipinski definition) is 1. The maximum Gasteiger partial charge on any atom is 0.266 e. The SMILES string of the molecule is CCOc1cc(C=C(C#N)C(=O)Nc2ccccc2Oc2ccccc2)cc(Br)c1OCC(=O)N1CCc2ccccc21. The minimum Gasteiger partial charge on any atom is -0.490 e. The molecule has 5 rings (SSSR count). The molecular formula is C34H28BrN3O5. The van der Waals surface area contributed by atoms with Gasteiger partial charge in [0.05, 0.1) is 16.8 Å². The molecule has 0 bridgehead atoms. The highest BCUT2D eigenvalue weighted by atomic mass is 79.9. The summed E-state index contributed by atoms with van der Waals surface area (Å²) in [4.78, 5) is 27.9. The van der Waals surface area contributed by atoms with Gasteiger partial charge in [0.1, 0.15) is 17.4 Å². The molecule has 1 heterocycles. The largest absolute Gasteiger partial charge is 0.490 e. The second-order valence-corrected chi connectivity index (χ2v) is 10.4. The molecule has 216 valence electrons. The van der Waals surface area contributed by atoms with Crippen molar-refractivity contribution in [1.82, 2.24) is 0 Å². The van der Waals surface area contributed by atoms with Crippen LogP contribution in [-0.4, -0.2) is 31.6 Å². The molecular weight excluding hydrogens is 610 g/mol. The Balaban J connectivity index is 1.32. The number of carbonyl (C=O) groups excluding carboxylic acids is 2. The number of carbonyl (C=O) groups is 2. The molecule has 1 N–H and O–H groups in total. The monoisotopic (exact) mass is 637 g/mol. The van der Waals surface area contributed by atoms with Crippen LogP contribution in [0.25, 0.3) is 6.08 Å². The Morgan fingerprint density at radius 3 is 2.51 bits per heavy atom. The van der Waals surface area contributed by atoms with Gasteiger partial charge in [-0.3, -0.25) is 9.59 Å². The van der Waals surface area contributed by atoms with E-state index < -0.39 is 5.91 Å². The number of anilines is 2. The van der Waals surface area contributed by atoms with Crippen molar-refractivity contribution in [1.29, 1.82) is 5.26 Å². The zero-order valence-electron chi connectivity index (χ0n) is 23.4. The Bertz CT molecular complexity index is 1720. The van der Waals surface area contributed by atoms with Crippen molar-refractivity contribution in [2.24, 2.45) is 0 Å². The van der Waals surface area contributed by atoms with Crippen molar-refractivity contribution < 1.29 is 23.8 Å². The van der Waals surface area contributed by atoms with E-state index in [0.717, 1.165) is 17.7 Å². The lowest BCUT2D eigenvalue weighted by Gasteiger charge is -2.19. The highest BCUT2D eigenvalue weighted by Crippen LogP contribution is 2.38. The molecule has 0 radical (unpaired) electrons. The fraction of sp³-hybridized carbons (Fsp3) is 0.147. The first kappa shape index (κ1) is 29.4. The van der Waals surface area contributed by atoms with E-state index in [1.54, 1.807) is 41.3 Å². The molecule has 0 aliphatic carbocycles. The zero-order chi connectivity index (χ0) is 30.2. The summed E-state index contributed by atoms with van der Waals surface area (Å²) < 4.78 is 18.2. The number of ether oxygens (including phenoxy) is 3. The average molecular weight is 639 g/mol. The molecule has 4 aromatic rings. The summed E-state index contributed by atoms with van der Waals surface area (Å²) >= 11 is 3.51. The molecule has 0 aromatic heterocycles. The number of para-hydroxylation sites is 4. The van der Waals surface area contributed by atoms with Gasteiger partial charge in [-0.1, -0.05) is 48.5 Å². The number of rotatable bonds is 10. The van der Waals surface area contributed by atoms with Gasteiger partial charge < -0.3 is 24.4 Å².